The first-order valence-corrected chi connectivity index (χ1v) is 7.87. The van der Waals surface area contributed by atoms with Crippen LogP contribution in [0.4, 0.5) is 5.69 Å². The van der Waals surface area contributed by atoms with Crippen LogP contribution in [0, 0.1) is 6.92 Å². The third kappa shape index (κ3) is 2.75. The van der Waals surface area contributed by atoms with E-state index in [0.29, 0.717) is 35.8 Å². The number of hydrogen-bond donors (Lipinski definition) is 1. The molecule has 0 amide bonds. The maximum absolute atomic E-state index is 12.6. The minimum Gasteiger partial charge on any atom is -0.398 e. The Morgan fingerprint density at radius 1 is 1.47 bits per heavy atom. The molecule has 0 spiro atoms. The normalized spacial score (nSPS) is 21.5. The first kappa shape index (κ1) is 14.3. The monoisotopic (exact) mass is 284 g/mol. The van der Waals surface area contributed by atoms with Crippen LogP contribution in [0.2, 0.25) is 0 Å². The minimum absolute atomic E-state index is 0.0232. The zero-order chi connectivity index (χ0) is 14.0. The van der Waals surface area contributed by atoms with Gasteiger partial charge < -0.3 is 10.5 Å². The summed E-state index contributed by atoms with van der Waals surface area (Å²) < 4.78 is 32.3. The molecule has 1 atom stereocenters. The van der Waals surface area contributed by atoms with E-state index in [-0.39, 0.29) is 6.10 Å². The van der Waals surface area contributed by atoms with Crippen molar-refractivity contribution >= 4 is 15.7 Å². The summed E-state index contributed by atoms with van der Waals surface area (Å²) in [6.07, 6.45) is 0.784. The van der Waals surface area contributed by atoms with E-state index in [4.69, 9.17) is 10.5 Å². The second-order valence-electron chi connectivity index (χ2n) is 4.73. The highest BCUT2D eigenvalue weighted by atomic mass is 32.2. The highest BCUT2D eigenvalue weighted by molar-refractivity contribution is 7.89. The van der Waals surface area contributed by atoms with E-state index in [9.17, 15) is 8.42 Å². The summed E-state index contributed by atoms with van der Waals surface area (Å²) in [6, 6.07) is 4.99. The van der Waals surface area contributed by atoms with Gasteiger partial charge in [0.05, 0.1) is 17.6 Å². The van der Waals surface area contributed by atoms with Gasteiger partial charge in [-0.1, -0.05) is 13.0 Å². The molecular weight excluding hydrogens is 264 g/mol. The molecule has 19 heavy (non-hydrogen) atoms. The molecule has 1 aromatic rings. The largest absolute Gasteiger partial charge is 0.398 e. The zero-order valence-electron chi connectivity index (χ0n) is 11.3. The van der Waals surface area contributed by atoms with Crippen molar-refractivity contribution in [3.8, 4) is 0 Å². The van der Waals surface area contributed by atoms with Crippen molar-refractivity contribution in [3.05, 3.63) is 23.8 Å². The summed E-state index contributed by atoms with van der Waals surface area (Å²) in [7, 11) is -3.48. The molecule has 0 aromatic heterocycles. The van der Waals surface area contributed by atoms with Gasteiger partial charge in [-0.15, -0.1) is 0 Å². The van der Waals surface area contributed by atoms with Crippen LogP contribution in [0.5, 0.6) is 0 Å². The van der Waals surface area contributed by atoms with Gasteiger partial charge in [0.15, 0.2) is 0 Å². The van der Waals surface area contributed by atoms with Crippen LogP contribution in [-0.4, -0.2) is 38.5 Å². The topological polar surface area (TPSA) is 72.6 Å². The summed E-state index contributed by atoms with van der Waals surface area (Å²) in [5.41, 5.74) is 6.91. The van der Waals surface area contributed by atoms with Gasteiger partial charge in [-0.25, -0.2) is 8.42 Å². The number of hydrogen-bond acceptors (Lipinski definition) is 4. The number of nitrogens with zero attached hydrogens (tertiary/aromatic N) is 1. The highest BCUT2D eigenvalue weighted by Crippen LogP contribution is 2.25. The number of morpholine rings is 1. The van der Waals surface area contributed by atoms with Gasteiger partial charge in [0.2, 0.25) is 10.0 Å². The van der Waals surface area contributed by atoms with E-state index in [0.717, 1.165) is 6.42 Å². The van der Waals surface area contributed by atoms with E-state index in [1.165, 1.54) is 4.31 Å². The minimum atomic E-state index is -3.48. The van der Waals surface area contributed by atoms with Crippen molar-refractivity contribution in [2.45, 2.75) is 31.3 Å². The second-order valence-corrected chi connectivity index (χ2v) is 6.64. The van der Waals surface area contributed by atoms with Crippen LogP contribution in [-0.2, 0) is 14.8 Å². The summed E-state index contributed by atoms with van der Waals surface area (Å²) in [5.74, 6) is 0. The number of ether oxygens (including phenoxy) is 1. The standard InChI is InChI=1S/C13H20N2O3S/c1-3-11-9-15(7-8-18-11)19(16,17)13-6-4-5-12(14)10(13)2/h4-6,11H,3,7-9,14H2,1-2H3. The Balaban J connectivity index is 2.34. The van der Waals surface area contributed by atoms with Gasteiger partial charge in [0, 0.05) is 18.8 Å². The average Bonchev–Trinajstić information content (AvgIpc) is 2.41. The Morgan fingerprint density at radius 2 is 2.21 bits per heavy atom. The molecule has 1 fully saturated rings. The van der Waals surface area contributed by atoms with Gasteiger partial charge >= 0.3 is 0 Å². The molecule has 106 valence electrons. The molecular formula is C13H20N2O3S. The van der Waals surface area contributed by atoms with Gasteiger partial charge in [0.1, 0.15) is 0 Å². The number of sulfonamides is 1. The summed E-state index contributed by atoms with van der Waals surface area (Å²) in [4.78, 5) is 0.296. The van der Waals surface area contributed by atoms with Crippen LogP contribution in [0.3, 0.4) is 0 Å². The molecule has 5 nitrogen and oxygen atoms in total. The predicted molar refractivity (Wildman–Crippen MR) is 74.4 cm³/mol. The van der Waals surface area contributed by atoms with Crippen LogP contribution in [0.15, 0.2) is 23.1 Å². The zero-order valence-corrected chi connectivity index (χ0v) is 12.1. The van der Waals surface area contributed by atoms with E-state index >= 15 is 0 Å². The van der Waals surface area contributed by atoms with Crippen molar-refractivity contribution in [1.29, 1.82) is 0 Å². The SMILES string of the molecule is CCC1CN(S(=O)(=O)c2cccc(N)c2C)CCO1. The van der Waals surface area contributed by atoms with Crippen LogP contribution in [0.1, 0.15) is 18.9 Å². The molecule has 6 heteroatoms. The van der Waals surface area contributed by atoms with Crippen molar-refractivity contribution in [2.24, 2.45) is 0 Å². The summed E-state index contributed by atoms with van der Waals surface area (Å²) in [5, 5.41) is 0. The second kappa shape index (κ2) is 5.48. The third-order valence-corrected chi connectivity index (χ3v) is 5.51. The smallest absolute Gasteiger partial charge is 0.243 e. The Hall–Kier alpha value is -1.11. The molecule has 2 rings (SSSR count). The quantitative estimate of drug-likeness (QED) is 0.851. The van der Waals surface area contributed by atoms with Gasteiger partial charge in [-0.2, -0.15) is 4.31 Å². The van der Waals surface area contributed by atoms with Crippen molar-refractivity contribution in [3.63, 3.8) is 0 Å². The fraction of sp³-hybridized carbons (Fsp3) is 0.538. The van der Waals surface area contributed by atoms with Gasteiger partial charge in [0.25, 0.3) is 0 Å². The Morgan fingerprint density at radius 3 is 2.89 bits per heavy atom. The molecule has 1 aliphatic rings. The van der Waals surface area contributed by atoms with Crippen LogP contribution in [0.25, 0.3) is 0 Å². The van der Waals surface area contributed by atoms with E-state index in [1.807, 2.05) is 6.92 Å². The average molecular weight is 284 g/mol. The lowest BCUT2D eigenvalue weighted by atomic mass is 10.2. The predicted octanol–water partition coefficient (Wildman–Crippen LogP) is 1.38. The lowest BCUT2D eigenvalue weighted by molar-refractivity contribution is -0.00278. The molecule has 0 aliphatic carbocycles. The van der Waals surface area contributed by atoms with E-state index < -0.39 is 10.0 Å². The molecule has 2 N–H and O–H groups in total. The molecule has 0 bridgehead atoms. The molecule has 1 saturated heterocycles. The molecule has 0 radical (unpaired) electrons. The fourth-order valence-electron chi connectivity index (χ4n) is 2.21. The number of nitrogens with two attached hydrogens (primary N) is 1. The van der Waals surface area contributed by atoms with Crippen LogP contribution >= 0.6 is 0 Å². The molecule has 1 aromatic carbocycles. The number of rotatable bonds is 3. The lowest BCUT2D eigenvalue weighted by Gasteiger charge is -2.32. The highest BCUT2D eigenvalue weighted by Gasteiger charge is 2.31. The lowest BCUT2D eigenvalue weighted by Crippen LogP contribution is -2.45. The first-order chi connectivity index (χ1) is 8.96. The molecule has 0 saturated carbocycles. The van der Waals surface area contributed by atoms with Gasteiger partial charge in [-0.3, -0.25) is 0 Å². The number of anilines is 1. The van der Waals surface area contributed by atoms with Gasteiger partial charge in [-0.05, 0) is 31.0 Å². The molecule has 1 aliphatic heterocycles. The number of benzene rings is 1. The Bertz CT molecular complexity index is 557. The fourth-order valence-corrected chi connectivity index (χ4v) is 3.92. The molecule has 1 heterocycles. The summed E-state index contributed by atoms with van der Waals surface area (Å²) >= 11 is 0. The first-order valence-electron chi connectivity index (χ1n) is 6.43. The van der Waals surface area contributed by atoms with Crippen molar-refractivity contribution in [1.82, 2.24) is 4.31 Å². The maximum Gasteiger partial charge on any atom is 0.243 e. The van der Waals surface area contributed by atoms with E-state index in [2.05, 4.69) is 0 Å². The Labute approximate surface area is 114 Å². The van der Waals surface area contributed by atoms with Crippen LogP contribution < -0.4 is 5.73 Å². The maximum atomic E-state index is 12.6. The number of nitrogen functional groups attached to an aromatic ring is 1. The van der Waals surface area contributed by atoms with Crippen molar-refractivity contribution in [2.75, 3.05) is 25.4 Å². The third-order valence-electron chi connectivity index (χ3n) is 3.50. The Kier molecular flexibility index (Phi) is 4.13. The molecule has 1 unspecified atom stereocenters. The van der Waals surface area contributed by atoms with Crippen molar-refractivity contribution < 1.29 is 13.2 Å². The summed E-state index contributed by atoms with van der Waals surface area (Å²) in [6.45, 7) is 4.98. The van der Waals surface area contributed by atoms with E-state index in [1.54, 1.807) is 25.1 Å².